The standard InChI is InChI=1S/2C5H12O.CH4/c1-5(2)4-6-3;1-4-5(2,3)6;/h5H,4H2,1-3H3;6H,4H2,1-3H3;1H4. The Morgan fingerprint density at radius 3 is 1.62 bits per heavy atom. The maximum Gasteiger partial charge on any atom is 0.0589 e. The Morgan fingerprint density at radius 1 is 1.31 bits per heavy atom. The van der Waals surface area contributed by atoms with Gasteiger partial charge >= 0.3 is 0 Å². The van der Waals surface area contributed by atoms with Crippen molar-refractivity contribution in [3.05, 3.63) is 0 Å². The van der Waals surface area contributed by atoms with Crippen LogP contribution in [0.3, 0.4) is 0 Å². The van der Waals surface area contributed by atoms with E-state index in [-0.39, 0.29) is 7.43 Å². The molecule has 0 radical (unpaired) electrons. The first-order valence-corrected chi connectivity index (χ1v) is 4.54. The van der Waals surface area contributed by atoms with Crippen molar-refractivity contribution in [1.82, 2.24) is 0 Å². The average molecular weight is 192 g/mol. The van der Waals surface area contributed by atoms with Gasteiger partial charge in [-0.1, -0.05) is 28.2 Å². The lowest BCUT2D eigenvalue weighted by Crippen LogP contribution is -2.15. The van der Waals surface area contributed by atoms with E-state index >= 15 is 0 Å². The average Bonchev–Trinajstić information content (AvgIpc) is 1.87. The van der Waals surface area contributed by atoms with Crippen LogP contribution in [0, 0.1) is 5.92 Å². The summed E-state index contributed by atoms with van der Waals surface area (Å²) >= 11 is 0. The van der Waals surface area contributed by atoms with Crippen LogP contribution in [0.2, 0.25) is 0 Å². The van der Waals surface area contributed by atoms with Crippen molar-refractivity contribution < 1.29 is 9.84 Å². The SMILES string of the molecule is C.CCC(C)(C)O.COCC(C)C. The van der Waals surface area contributed by atoms with Gasteiger partial charge in [0.25, 0.3) is 0 Å². The van der Waals surface area contributed by atoms with Crippen molar-refractivity contribution >= 4 is 0 Å². The van der Waals surface area contributed by atoms with Crippen LogP contribution in [0.4, 0.5) is 0 Å². The Labute approximate surface area is 84.3 Å². The lowest BCUT2D eigenvalue weighted by molar-refractivity contribution is 0.0765. The summed E-state index contributed by atoms with van der Waals surface area (Å²) < 4.78 is 4.80. The summed E-state index contributed by atoms with van der Waals surface area (Å²) in [7, 11) is 1.72. The minimum atomic E-state index is -0.458. The van der Waals surface area contributed by atoms with Gasteiger partial charge < -0.3 is 9.84 Å². The fourth-order valence-corrected chi connectivity index (χ4v) is 0.333. The number of rotatable bonds is 3. The molecule has 2 heteroatoms. The van der Waals surface area contributed by atoms with Gasteiger partial charge in [0.2, 0.25) is 0 Å². The first-order valence-electron chi connectivity index (χ1n) is 4.54. The van der Waals surface area contributed by atoms with Crippen LogP contribution in [-0.4, -0.2) is 24.4 Å². The van der Waals surface area contributed by atoms with Crippen LogP contribution in [0.5, 0.6) is 0 Å². The van der Waals surface area contributed by atoms with Crippen LogP contribution in [0.1, 0.15) is 48.5 Å². The molecule has 0 aliphatic heterocycles. The quantitative estimate of drug-likeness (QED) is 0.744. The van der Waals surface area contributed by atoms with Gasteiger partial charge in [0, 0.05) is 13.7 Å². The molecule has 0 aliphatic rings. The summed E-state index contributed by atoms with van der Waals surface area (Å²) in [6.45, 7) is 10.7. The van der Waals surface area contributed by atoms with E-state index in [0.29, 0.717) is 5.92 Å². The third-order valence-electron chi connectivity index (χ3n) is 1.37. The number of hydrogen-bond acceptors (Lipinski definition) is 2. The number of aliphatic hydroxyl groups is 1. The summed E-state index contributed by atoms with van der Waals surface area (Å²) in [5, 5.41) is 8.83. The van der Waals surface area contributed by atoms with E-state index in [9.17, 15) is 0 Å². The van der Waals surface area contributed by atoms with Gasteiger partial charge in [0.1, 0.15) is 0 Å². The van der Waals surface area contributed by atoms with E-state index in [0.717, 1.165) is 13.0 Å². The van der Waals surface area contributed by atoms with E-state index in [2.05, 4.69) is 13.8 Å². The highest BCUT2D eigenvalue weighted by Crippen LogP contribution is 2.03. The molecule has 0 aliphatic carbocycles. The normalized spacial score (nSPS) is 10.2. The van der Waals surface area contributed by atoms with Crippen LogP contribution >= 0.6 is 0 Å². The second-order valence-electron chi connectivity index (χ2n) is 4.02. The molecule has 0 rings (SSSR count). The minimum Gasteiger partial charge on any atom is -0.390 e. The maximum absolute atomic E-state index is 8.83. The van der Waals surface area contributed by atoms with Gasteiger partial charge in [-0.3, -0.25) is 0 Å². The maximum atomic E-state index is 8.83. The van der Waals surface area contributed by atoms with Gasteiger partial charge in [-0.25, -0.2) is 0 Å². The Balaban J connectivity index is -0.000000143. The zero-order valence-corrected chi connectivity index (χ0v) is 9.35. The summed E-state index contributed by atoms with van der Waals surface area (Å²) in [4.78, 5) is 0. The monoisotopic (exact) mass is 192 g/mol. The van der Waals surface area contributed by atoms with Gasteiger partial charge in [-0.15, -0.1) is 0 Å². The lowest BCUT2D eigenvalue weighted by Gasteiger charge is -2.11. The summed E-state index contributed by atoms with van der Waals surface area (Å²) in [6.07, 6.45) is 0.826. The van der Waals surface area contributed by atoms with Crippen LogP contribution < -0.4 is 0 Å². The van der Waals surface area contributed by atoms with Gasteiger partial charge in [0.05, 0.1) is 5.60 Å². The second kappa shape index (κ2) is 10.0. The molecule has 0 amide bonds. The molecular formula is C11H28O2. The molecule has 0 heterocycles. The second-order valence-corrected chi connectivity index (χ2v) is 4.02. The highest BCUT2D eigenvalue weighted by molar-refractivity contribution is 4.59. The molecule has 0 saturated carbocycles. The molecule has 0 aromatic carbocycles. The van der Waals surface area contributed by atoms with Crippen molar-refractivity contribution in [1.29, 1.82) is 0 Å². The molecule has 2 nitrogen and oxygen atoms in total. The Morgan fingerprint density at radius 2 is 1.62 bits per heavy atom. The van der Waals surface area contributed by atoms with E-state index in [1.165, 1.54) is 0 Å². The lowest BCUT2D eigenvalue weighted by atomic mass is 10.1. The fourth-order valence-electron chi connectivity index (χ4n) is 0.333. The third-order valence-corrected chi connectivity index (χ3v) is 1.37. The zero-order valence-electron chi connectivity index (χ0n) is 9.35. The number of hydrogen-bond donors (Lipinski definition) is 1. The number of ether oxygens (including phenoxy) is 1. The zero-order chi connectivity index (χ0) is 10.2. The molecular weight excluding hydrogens is 164 g/mol. The summed E-state index contributed by atoms with van der Waals surface area (Å²) in [6, 6.07) is 0. The van der Waals surface area contributed by atoms with E-state index < -0.39 is 5.60 Å². The minimum absolute atomic E-state index is 0. The van der Waals surface area contributed by atoms with E-state index in [1.807, 2.05) is 6.92 Å². The molecule has 1 N–H and O–H groups in total. The van der Waals surface area contributed by atoms with Crippen molar-refractivity contribution in [3.63, 3.8) is 0 Å². The molecule has 0 atom stereocenters. The summed E-state index contributed by atoms with van der Waals surface area (Å²) in [5.41, 5.74) is -0.458. The first kappa shape index (κ1) is 18.7. The smallest absolute Gasteiger partial charge is 0.0589 e. The molecule has 0 aromatic rings. The highest BCUT2D eigenvalue weighted by Gasteiger charge is 2.05. The summed E-state index contributed by atoms with van der Waals surface area (Å²) in [5.74, 6) is 0.676. The molecule has 0 saturated heterocycles. The largest absolute Gasteiger partial charge is 0.390 e. The fraction of sp³-hybridized carbons (Fsp3) is 1.00. The molecule has 0 spiro atoms. The van der Waals surface area contributed by atoms with Gasteiger partial charge in [-0.2, -0.15) is 0 Å². The van der Waals surface area contributed by atoms with Crippen molar-refractivity contribution in [2.75, 3.05) is 13.7 Å². The topological polar surface area (TPSA) is 29.5 Å². The van der Waals surface area contributed by atoms with Crippen LogP contribution in [-0.2, 0) is 4.74 Å². The Bertz CT molecular complexity index is 82.6. The predicted octanol–water partition coefficient (Wildman–Crippen LogP) is 3.09. The third kappa shape index (κ3) is 33.5. The van der Waals surface area contributed by atoms with Gasteiger partial charge in [-0.05, 0) is 26.2 Å². The van der Waals surface area contributed by atoms with E-state index in [4.69, 9.17) is 9.84 Å². The van der Waals surface area contributed by atoms with Crippen LogP contribution in [0.25, 0.3) is 0 Å². The van der Waals surface area contributed by atoms with Gasteiger partial charge in [0.15, 0.2) is 0 Å². The number of methoxy groups -OCH3 is 1. The molecule has 0 unspecified atom stereocenters. The molecule has 13 heavy (non-hydrogen) atoms. The first-order chi connectivity index (χ1) is 5.33. The highest BCUT2D eigenvalue weighted by atomic mass is 16.5. The Kier molecular flexibility index (Phi) is 14.4. The predicted molar refractivity (Wildman–Crippen MR) is 60.0 cm³/mol. The molecule has 0 aromatic heterocycles. The van der Waals surface area contributed by atoms with E-state index in [1.54, 1.807) is 21.0 Å². The van der Waals surface area contributed by atoms with Crippen LogP contribution in [0.15, 0.2) is 0 Å². The Hall–Kier alpha value is -0.0800. The molecule has 0 bridgehead atoms. The van der Waals surface area contributed by atoms with Crippen molar-refractivity contribution in [3.8, 4) is 0 Å². The van der Waals surface area contributed by atoms with Crippen molar-refractivity contribution in [2.45, 2.75) is 54.1 Å². The van der Waals surface area contributed by atoms with Crippen molar-refractivity contribution in [2.24, 2.45) is 5.92 Å². The molecule has 84 valence electrons. The molecule has 0 fully saturated rings.